The Balaban J connectivity index is 1.33. The van der Waals surface area contributed by atoms with Crippen molar-refractivity contribution in [2.75, 3.05) is 18.1 Å². The maximum Gasteiger partial charge on any atom is 0.351 e. The van der Waals surface area contributed by atoms with Crippen LogP contribution in [0.5, 0.6) is 0 Å². The second kappa shape index (κ2) is 9.17. The number of alkyl halides is 1. The highest BCUT2D eigenvalue weighted by atomic mass is 19.1. The van der Waals surface area contributed by atoms with Gasteiger partial charge in [-0.15, -0.1) is 0 Å². The summed E-state index contributed by atoms with van der Waals surface area (Å²) < 4.78 is 33.9. The Kier molecular flexibility index (Phi) is 6.47. The third-order valence-electron chi connectivity index (χ3n) is 5.91. The van der Waals surface area contributed by atoms with Crippen molar-refractivity contribution in [3.05, 3.63) is 44.5 Å². The van der Waals surface area contributed by atoms with Crippen LogP contribution in [0.25, 0.3) is 0 Å². The van der Waals surface area contributed by atoms with Crippen molar-refractivity contribution in [3.63, 3.8) is 0 Å². The Bertz CT molecular complexity index is 1140. The van der Waals surface area contributed by atoms with Gasteiger partial charge in [-0.3, -0.25) is 9.13 Å². The summed E-state index contributed by atoms with van der Waals surface area (Å²) in [6.07, 6.45) is -2.12. The van der Waals surface area contributed by atoms with Crippen LogP contribution in [0, 0.1) is 13.8 Å². The molecule has 0 amide bonds. The van der Waals surface area contributed by atoms with Crippen LogP contribution in [0.2, 0.25) is 0 Å². The van der Waals surface area contributed by atoms with Crippen LogP contribution in [-0.4, -0.2) is 55.5 Å². The van der Waals surface area contributed by atoms with Gasteiger partial charge in [0.15, 0.2) is 6.29 Å². The van der Waals surface area contributed by atoms with Crippen LogP contribution in [0.3, 0.4) is 0 Å². The summed E-state index contributed by atoms with van der Waals surface area (Å²) in [4.78, 5) is 31.6. The minimum Gasteiger partial charge on any atom is -0.383 e. The maximum atomic E-state index is 14.5. The lowest BCUT2D eigenvalue weighted by molar-refractivity contribution is -0.198. The zero-order valence-corrected chi connectivity index (χ0v) is 18.3. The summed E-state index contributed by atoms with van der Waals surface area (Å²) in [7, 11) is 0. The first-order valence-electron chi connectivity index (χ1n) is 10.6. The molecule has 2 fully saturated rings. The molecule has 0 aliphatic carbocycles. The quantitative estimate of drug-likeness (QED) is 0.489. The lowest BCUT2D eigenvalue weighted by Crippen LogP contribution is -2.35. The maximum absolute atomic E-state index is 14.5. The predicted octanol–water partition coefficient (Wildman–Crippen LogP) is -0.0804. The van der Waals surface area contributed by atoms with E-state index in [4.69, 9.17) is 25.7 Å². The largest absolute Gasteiger partial charge is 0.383 e. The van der Waals surface area contributed by atoms with Gasteiger partial charge < -0.3 is 30.8 Å². The van der Waals surface area contributed by atoms with Crippen LogP contribution in [0.15, 0.2) is 22.0 Å². The minimum absolute atomic E-state index is 0.0660. The van der Waals surface area contributed by atoms with Crippen molar-refractivity contribution < 1.29 is 23.7 Å². The topological polar surface area (TPSA) is 170 Å². The third-order valence-corrected chi connectivity index (χ3v) is 5.91. The lowest BCUT2D eigenvalue weighted by atomic mass is 10.2. The fourth-order valence-corrected chi connectivity index (χ4v) is 3.94. The van der Waals surface area contributed by atoms with E-state index in [-0.39, 0.29) is 24.7 Å². The number of hydrogen-bond acceptors (Lipinski definition) is 10. The van der Waals surface area contributed by atoms with Crippen molar-refractivity contribution in [3.8, 4) is 0 Å². The van der Waals surface area contributed by atoms with Gasteiger partial charge in [-0.2, -0.15) is 9.97 Å². The Hall–Kier alpha value is -2.87. The first-order chi connectivity index (χ1) is 15.6. The van der Waals surface area contributed by atoms with E-state index in [1.165, 1.54) is 15.3 Å². The molecule has 12 nitrogen and oxygen atoms in total. The van der Waals surface area contributed by atoms with Gasteiger partial charge in [0.2, 0.25) is 0 Å². The van der Waals surface area contributed by atoms with E-state index >= 15 is 0 Å². The second-order valence-electron chi connectivity index (χ2n) is 8.31. The number of nitrogens with two attached hydrogens (primary N) is 2. The molecule has 0 bridgehead atoms. The summed E-state index contributed by atoms with van der Waals surface area (Å²) in [6.45, 7) is 3.16. The molecule has 0 saturated carbocycles. The molecule has 33 heavy (non-hydrogen) atoms. The third kappa shape index (κ3) is 4.76. The summed E-state index contributed by atoms with van der Waals surface area (Å²) >= 11 is 0. The molecule has 2 saturated heterocycles. The molecule has 5 N–H and O–H groups in total. The van der Waals surface area contributed by atoms with E-state index in [0.717, 1.165) is 0 Å². The Morgan fingerprint density at radius 2 is 1.67 bits per heavy atom. The number of rotatable bonds is 6. The molecule has 0 radical (unpaired) electrons. The average molecular weight is 466 g/mol. The number of halogens is 1. The van der Waals surface area contributed by atoms with Crippen molar-refractivity contribution in [2.45, 2.75) is 70.2 Å². The van der Waals surface area contributed by atoms with Crippen molar-refractivity contribution in [1.82, 2.24) is 19.1 Å². The molecule has 13 heteroatoms. The number of hydrogen-bond donors (Lipinski definition) is 3. The van der Waals surface area contributed by atoms with Gasteiger partial charge in [-0.1, -0.05) is 0 Å². The Labute approximate surface area is 187 Å². The summed E-state index contributed by atoms with van der Waals surface area (Å²) in [5.41, 5.74) is 11.3. The number of nitrogen functional groups attached to an aromatic ring is 2. The number of ether oxygens (including phenoxy) is 3. The van der Waals surface area contributed by atoms with Crippen molar-refractivity contribution in [1.29, 1.82) is 0 Å². The molecular formula is C20H27FN6O6. The molecule has 6 atom stereocenters. The number of aryl methyl sites for hydroxylation is 2. The highest BCUT2D eigenvalue weighted by Crippen LogP contribution is 2.32. The highest BCUT2D eigenvalue weighted by Gasteiger charge is 2.39. The smallest absolute Gasteiger partial charge is 0.351 e. The second-order valence-corrected chi connectivity index (χ2v) is 8.31. The zero-order chi connectivity index (χ0) is 23.9. The zero-order valence-electron chi connectivity index (χ0n) is 18.3. The van der Waals surface area contributed by atoms with Crippen LogP contribution in [-0.2, 0) is 14.2 Å². The first-order valence-corrected chi connectivity index (χ1v) is 10.6. The van der Waals surface area contributed by atoms with Gasteiger partial charge in [-0.05, 0) is 26.7 Å². The van der Waals surface area contributed by atoms with Crippen molar-refractivity contribution in [2.24, 2.45) is 0 Å². The molecule has 180 valence electrons. The van der Waals surface area contributed by atoms with Crippen LogP contribution in [0.4, 0.5) is 16.0 Å². The van der Waals surface area contributed by atoms with Gasteiger partial charge in [0.25, 0.3) is 0 Å². The molecule has 2 aliphatic heterocycles. The standard InChI is InChI=1S/C20H27FN6O6/c1-9-6-26(19(29)24-16(9)22)14-4-3-12(32-14)18(28)31-8-13-11(21)5-15(33-13)27-7-10(2)17(23)25-20(27)30/h6-7,11-15,18,28H,3-5,8H2,1-2H3,(H2,22,24,29)(H2,23,25,30)/t11-,12-,13+,14+,15+,18?/m0/s1. The number of aliphatic hydroxyl groups excluding tert-OH is 1. The van der Waals surface area contributed by atoms with E-state index in [1.54, 1.807) is 20.0 Å². The number of aromatic nitrogens is 4. The fraction of sp³-hybridized carbons (Fsp3) is 0.600. The summed E-state index contributed by atoms with van der Waals surface area (Å²) in [6, 6.07) is 0. The first kappa shape index (κ1) is 23.3. The van der Waals surface area contributed by atoms with Crippen LogP contribution < -0.4 is 22.8 Å². The monoisotopic (exact) mass is 466 g/mol. The van der Waals surface area contributed by atoms with E-state index in [2.05, 4.69) is 9.97 Å². The fourth-order valence-electron chi connectivity index (χ4n) is 3.94. The normalized spacial score (nSPS) is 28.3. The van der Waals surface area contributed by atoms with E-state index < -0.39 is 48.5 Å². The SMILES string of the molecule is Cc1cn([C@H]2CC[C@@H](C(O)OC[C@H]3O[C@@H](n4cc(C)c(N)nc4=O)C[C@@H]3F)O2)c(=O)nc1N. The molecule has 2 aromatic heterocycles. The number of nitrogens with zero attached hydrogens (tertiary/aromatic N) is 4. The molecule has 1 unspecified atom stereocenters. The number of anilines is 2. The molecule has 2 aliphatic rings. The Morgan fingerprint density at radius 3 is 2.27 bits per heavy atom. The average Bonchev–Trinajstić information content (AvgIpc) is 3.39. The molecule has 0 spiro atoms. The molecule has 0 aromatic carbocycles. The van der Waals surface area contributed by atoms with E-state index in [0.29, 0.717) is 24.0 Å². The molecule has 4 heterocycles. The van der Waals surface area contributed by atoms with Crippen LogP contribution >= 0.6 is 0 Å². The van der Waals surface area contributed by atoms with E-state index in [1.807, 2.05) is 0 Å². The lowest BCUT2D eigenvalue weighted by Gasteiger charge is -2.22. The van der Waals surface area contributed by atoms with Gasteiger partial charge >= 0.3 is 11.4 Å². The molecular weight excluding hydrogens is 439 g/mol. The van der Waals surface area contributed by atoms with Gasteiger partial charge in [-0.25, -0.2) is 14.0 Å². The predicted molar refractivity (Wildman–Crippen MR) is 114 cm³/mol. The van der Waals surface area contributed by atoms with Crippen molar-refractivity contribution >= 4 is 11.6 Å². The van der Waals surface area contributed by atoms with Gasteiger partial charge in [0.1, 0.15) is 42.5 Å². The minimum atomic E-state index is -1.41. The molecule has 4 rings (SSSR count). The van der Waals surface area contributed by atoms with Crippen LogP contribution in [0.1, 0.15) is 42.8 Å². The van der Waals surface area contributed by atoms with Gasteiger partial charge in [0, 0.05) is 29.9 Å². The van der Waals surface area contributed by atoms with Gasteiger partial charge in [0.05, 0.1) is 6.61 Å². The summed E-state index contributed by atoms with van der Waals surface area (Å²) in [5.74, 6) is 0.257. The Morgan fingerprint density at radius 1 is 1.09 bits per heavy atom. The summed E-state index contributed by atoms with van der Waals surface area (Å²) in [5, 5.41) is 10.4. The van der Waals surface area contributed by atoms with E-state index in [9.17, 15) is 19.1 Å². The highest BCUT2D eigenvalue weighted by molar-refractivity contribution is 5.35. The molecule has 2 aromatic rings. The number of aliphatic hydroxyl groups is 1.